The predicted molar refractivity (Wildman–Crippen MR) is 121 cm³/mol. The van der Waals surface area contributed by atoms with Crippen LogP contribution in [0.5, 0.6) is 0 Å². The monoisotopic (exact) mass is 449 g/mol. The first kappa shape index (κ1) is 22.8. The molecule has 4 rings (SSSR count). The second-order valence-corrected chi connectivity index (χ2v) is 8.90. The molecule has 0 saturated heterocycles. The number of benzene rings is 1. The summed E-state index contributed by atoms with van der Waals surface area (Å²) in [5.74, 6) is 1.39. The third kappa shape index (κ3) is 5.32. The van der Waals surface area contributed by atoms with Gasteiger partial charge in [-0.25, -0.2) is 9.37 Å². The Labute approximate surface area is 192 Å². The van der Waals surface area contributed by atoms with Gasteiger partial charge in [-0.3, -0.25) is 9.78 Å². The van der Waals surface area contributed by atoms with Crippen LogP contribution in [0.2, 0.25) is 0 Å². The second kappa shape index (κ2) is 10.0. The fourth-order valence-electron chi connectivity index (χ4n) is 4.52. The zero-order valence-electron chi connectivity index (χ0n) is 19.0. The number of halogens is 1. The van der Waals surface area contributed by atoms with Crippen LogP contribution < -0.4 is 5.32 Å². The average molecular weight is 450 g/mol. The molecular weight excluding hydrogens is 421 g/mol. The quantitative estimate of drug-likeness (QED) is 0.534. The molecule has 1 aliphatic carbocycles. The van der Waals surface area contributed by atoms with E-state index in [0.29, 0.717) is 41.9 Å². The molecule has 0 fully saturated rings. The maximum Gasteiger partial charge on any atom is 0.271 e. The molecule has 3 atom stereocenters. The highest BCUT2D eigenvalue weighted by Gasteiger charge is 2.33. The van der Waals surface area contributed by atoms with Crippen molar-refractivity contribution in [1.29, 1.82) is 0 Å². The normalized spacial score (nSPS) is 20.5. The summed E-state index contributed by atoms with van der Waals surface area (Å²) in [6.45, 7) is 7.06. The summed E-state index contributed by atoms with van der Waals surface area (Å²) in [7, 11) is 0. The fraction of sp³-hybridized carbons (Fsp3) is 0.400. The lowest BCUT2D eigenvalue weighted by Crippen LogP contribution is -2.37. The summed E-state index contributed by atoms with van der Waals surface area (Å²) in [5, 5.41) is 11.2. The Kier molecular flexibility index (Phi) is 6.91. The molecular formula is C25H28FN5O2. The van der Waals surface area contributed by atoms with Gasteiger partial charge in [-0.05, 0) is 49.1 Å². The van der Waals surface area contributed by atoms with Crippen molar-refractivity contribution in [3.8, 4) is 11.5 Å². The zero-order valence-corrected chi connectivity index (χ0v) is 19.0. The van der Waals surface area contributed by atoms with Crippen molar-refractivity contribution in [1.82, 2.24) is 25.5 Å². The van der Waals surface area contributed by atoms with Crippen molar-refractivity contribution < 1.29 is 13.6 Å². The van der Waals surface area contributed by atoms with Crippen molar-refractivity contribution in [3.05, 3.63) is 71.9 Å². The molecule has 7 nitrogen and oxygen atoms in total. The number of carbonyl (C=O) groups is 1. The van der Waals surface area contributed by atoms with E-state index in [1.165, 1.54) is 24.0 Å². The van der Waals surface area contributed by atoms with Gasteiger partial charge in [-0.1, -0.05) is 37.6 Å². The van der Waals surface area contributed by atoms with E-state index in [2.05, 4.69) is 52.3 Å². The third-order valence-corrected chi connectivity index (χ3v) is 6.37. The Morgan fingerprint density at radius 2 is 2.06 bits per heavy atom. The first-order valence-electron chi connectivity index (χ1n) is 11.2. The topological polar surface area (TPSA) is 93.8 Å². The van der Waals surface area contributed by atoms with Crippen LogP contribution in [-0.4, -0.2) is 32.6 Å². The molecule has 0 saturated carbocycles. The Bertz CT molecular complexity index is 1130. The number of carbonyl (C=O) groups excluding carboxylic acids is 1. The van der Waals surface area contributed by atoms with E-state index in [0.717, 1.165) is 6.42 Å². The highest BCUT2D eigenvalue weighted by atomic mass is 19.1. The maximum atomic E-state index is 14.1. The number of amides is 1. The summed E-state index contributed by atoms with van der Waals surface area (Å²) in [6, 6.07) is 6.38. The van der Waals surface area contributed by atoms with Gasteiger partial charge < -0.3 is 9.73 Å². The average Bonchev–Trinajstić information content (AvgIpc) is 3.28. The molecule has 1 aliphatic rings. The lowest BCUT2D eigenvalue weighted by atomic mass is 9.70. The largest absolute Gasteiger partial charge is 0.421 e. The minimum Gasteiger partial charge on any atom is -0.421 e. The predicted octanol–water partition coefficient (Wildman–Crippen LogP) is 4.49. The molecule has 2 heterocycles. The third-order valence-electron chi connectivity index (χ3n) is 6.37. The van der Waals surface area contributed by atoms with E-state index in [-0.39, 0.29) is 29.5 Å². The van der Waals surface area contributed by atoms with Crippen LogP contribution in [0.1, 0.15) is 43.6 Å². The van der Waals surface area contributed by atoms with Gasteiger partial charge in [0.2, 0.25) is 5.89 Å². The van der Waals surface area contributed by atoms with Gasteiger partial charge in [0.05, 0.1) is 11.8 Å². The first-order chi connectivity index (χ1) is 15.9. The van der Waals surface area contributed by atoms with Crippen LogP contribution in [0.15, 0.2) is 58.9 Å². The molecule has 1 N–H and O–H groups in total. The number of nitrogens with zero attached hydrogens (tertiary/aromatic N) is 4. The van der Waals surface area contributed by atoms with Crippen molar-refractivity contribution >= 4 is 5.91 Å². The molecule has 3 aromatic rings. The molecule has 3 unspecified atom stereocenters. The van der Waals surface area contributed by atoms with Gasteiger partial charge in [0.25, 0.3) is 11.8 Å². The van der Waals surface area contributed by atoms with E-state index >= 15 is 0 Å². The number of allylic oxidation sites excluding steroid dienone is 1. The van der Waals surface area contributed by atoms with Gasteiger partial charge in [0.1, 0.15) is 11.5 Å². The van der Waals surface area contributed by atoms with Gasteiger partial charge >= 0.3 is 0 Å². The zero-order chi connectivity index (χ0) is 23.4. The molecule has 0 radical (unpaired) electrons. The number of rotatable bonds is 7. The maximum absolute atomic E-state index is 14.1. The highest BCUT2D eigenvalue weighted by molar-refractivity contribution is 5.91. The highest BCUT2D eigenvalue weighted by Crippen LogP contribution is 2.39. The molecule has 172 valence electrons. The van der Waals surface area contributed by atoms with Crippen LogP contribution in [0.4, 0.5) is 4.39 Å². The summed E-state index contributed by atoms with van der Waals surface area (Å²) >= 11 is 0. The van der Waals surface area contributed by atoms with E-state index in [1.807, 2.05) is 0 Å². The Balaban J connectivity index is 1.44. The molecule has 8 heteroatoms. The Hall–Kier alpha value is -3.42. The molecule has 1 amide bonds. The van der Waals surface area contributed by atoms with Crippen LogP contribution in [0, 0.1) is 29.5 Å². The van der Waals surface area contributed by atoms with Crippen LogP contribution in [0.3, 0.4) is 0 Å². The summed E-state index contributed by atoms with van der Waals surface area (Å²) in [5.41, 5.74) is 1.86. The SMILES string of the molecule is CC1=CC(CNC(=O)c2cnccn2)C(C(C)C)CC1Cc1nnc(-c2ccccc2F)o1. The summed E-state index contributed by atoms with van der Waals surface area (Å²) in [6.07, 6.45) is 8.32. The molecule has 0 bridgehead atoms. The van der Waals surface area contributed by atoms with Crippen molar-refractivity contribution in [2.75, 3.05) is 6.54 Å². The van der Waals surface area contributed by atoms with E-state index in [1.54, 1.807) is 24.4 Å². The summed E-state index contributed by atoms with van der Waals surface area (Å²) < 4.78 is 19.8. The lowest BCUT2D eigenvalue weighted by Gasteiger charge is -2.37. The fourth-order valence-corrected chi connectivity index (χ4v) is 4.52. The Morgan fingerprint density at radius 3 is 2.79 bits per heavy atom. The molecule has 0 aliphatic heterocycles. The molecule has 0 spiro atoms. The number of nitrogens with one attached hydrogen (secondary N) is 1. The summed E-state index contributed by atoms with van der Waals surface area (Å²) in [4.78, 5) is 20.4. The number of aromatic nitrogens is 4. The first-order valence-corrected chi connectivity index (χ1v) is 11.2. The minimum absolute atomic E-state index is 0.200. The lowest BCUT2D eigenvalue weighted by molar-refractivity contribution is 0.0933. The molecule has 1 aromatic carbocycles. The van der Waals surface area contributed by atoms with Crippen LogP contribution in [0.25, 0.3) is 11.5 Å². The second-order valence-electron chi connectivity index (χ2n) is 8.90. The van der Waals surface area contributed by atoms with Gasteiger partial charge in [-0.15, -0.1) is 10.2 Å². The van der Waals surface area contributed by atoms with Gasteiger partial charge in [0.15, 0.2) is 0 Å². The van der Waals surface area contributed by atoms with E-state index in [9.17, 15) is 9.18 Å². The molecule has 2 aromatic heterocycles. The number of hydrogen-bond acceptors (Lipinski definition) is 6. The smallest absolute Gasteiger partial charge is 0.271 e. The standard InChI is InChI=1S/C25H28FN5O2/c1-15(2)20-11-17(12-23-30-31-25(33-23)19-6-4-5-7-21(19)26)16(3)10-18(20)13-29-24(32)22-14-27-8-9-28-22/h4-10,14-15,17-18,20H,11-13H2,1-3H3,(H,29,32). The Morgan fingerprint density at radius 1 is 1.24 bits per heavy atom. The van der Waals surface area contributed by atoms with Crippen molar-refractivity contribution in [2.24, 2.45) is 23.7 Å². The molecule has 33 heavy (non-hydrogen) atoms. The number of hydrogen-bond donors (Lipinski definition) is 1. The van der Waals surface area contributed by atoms with Gasteiger partial charge in [0, 0.05) is 25.4 Å². The van der Waals surface area contributed by atoms with Crippen LogP contribution in [-0.2, 0) is 6.42 Å². The van der Waals surface area contributed by atoms with E-state index in [4.69, 9.17) is 4.42 Å². The minimum atomic E-state index is -0.382. The van der Waals surface area contributed by atoms with Gasteiger partial charge in [-0.2, -0.15) is 0 Å². The van der Waals surface area contributed by atoms with E-state index < -0.39 is 0 Å². The van der Waals surface area contributed by atoms with Crippen LogP contribution >= 0.6 is 0 Å². The van der Waals surface area contributed by atoms with Crippen molar-refractivity contribution in [3.63, 3.8) is 0 Å². The van der Waals surface area contributed by atoms with Crippen molar-refractivity contribution in [2.45, 2.75) is 33.6 Å².